The summed E-state index contributed by atoms with van der Waals surface area (Å²) in [5, 5.41) is 7.48. The van der Waals surface area contributed by atoms with Crippen LogP contribution in [-0.4, -0.2) is 63.6 Å². The number of methoxy groups -OCH3 is 1. The number of allylic oxidation sites excluding steroid dienone is 2. The number of unbranched alkanes of at least 4 members (excludes halogenated alkanes) is 3. The lowest BCUT2D eigenvalue weighted by atomic mass is 10.1. The van der Waals surface area contributed by atoms with E-state index in [4.69, 9.17) is 33.7 Å². The number of nitrogens with one attached hydrogen (secondary N) is 3. The Kier molecular flexibility index (Phi) is 17.0. The molecular formula is C45H58Cl2N6O5S2. The Bertz CT molecular complexity index is 2200. The van der Waals surface area contributed by atoms with Gasteiger partial charge in [-0.3, -0.25) is 23.9 Å². The maximum atomic E-state index is 12.4. The minimum absolute atomic E-state index is 0.00389. The van der Waals surface area contributed by atoms with E-state index in [2.05, 4.69) is 59.9 Å². The second-order valence-electron chi connectivity index (χ2n) is 16.2. The fourth-order valence-corrected chi connectivity index (χ4v) is 9.07. The second kappa shape index (κ2) is 21.7. The molecule has 60 heavy (non-hydrogen) atoms. The van der Waals surface area contributed by atoms with Crippen LogP contribution in [0.15, 0.2) is 58.7 Å². The lowest BCUT2D eigenvalue weighted by Gasteiger charge is -2.22. The van der Waals surface area contributed by atoms with Crippen LogP contribution in [0.2, 0.25) is 10.0 Å². The summed E-state index contributed by atoms with van der Waals surface area (Å²) in [6.07, 6.45) is 14.5. The van der Waals surface area contributed by atoms with Gasteiger partial charge in [0.15, 0.2) is 5.43 Å². The summed E-state index contributed by atoms with van der Waals surface area (Å²) < 4.78 is 8.71. The third-order valence-electron chi connectivity index (χ3n) is 10.9. The first-order chi connectivity index (χ1) is 28.6. The SMILES string of the molecule is CCCCC/C=C\[C@@H]1C[C@@H]1C(=O)NSC1(C)CC1.COc1ccc2c(=O)cc(-c3nc(C(C)C)cs3)[nH]c2c1C.NC(=O)[C@@H]1CCCN1C(=O)CNc1cc(Cl)cc(Cl)c1. The number of aryl methyl sites for hydroxylation is 1. The first kappa shape index (κ1) is 47.0. The van der Waals surface area contributed by atoms with Gasteiger partial charge in [0.05, 0.1) is 30.6 Å². The van der Waals surface area contributed by atoms with Crippen LogP contribution in [-0.2, 0) is 14.4 Å². The summed E-state index contributed by atoms with van der Waals surface area (Å²) in [4.78, 5) is 57.1. The number of thiazole rings is 1. The molecule has 11 nitrogen and oxygen atoms in total. The van der Waals surface area contributed by atoms with E-state index in [1.807, 2.05) is 18.4 Å². The molecule has 0 radical (unpaired) electrons. The summed E-state index contributed by atoms with van der Waals surface area (Å²) in [6, 6.07) is 9.72. The third-order valence-corrected chi connectivity index (χ3v) is 13.4. The van der Waals surface area contributed by atoms with Crippen molar-refractivity contribution in [3.05, 3.63) is 85.5 Å². The number of carbonyl (C=O) groups is 3. The molecule has 2 aliphatic carbocycles. The van der Waals surface area contributed by atoms with Crippen LogP contribution in [0, 0.1) is 18.8 Å². The predicted octanol–water partition coefficient (Wildman–Crippen LogP) is 10.0. The number of rotatable bonds is 15. The first-order valence-corrected chi connectivity index (χ1v) is 23.2. The number of carbonyl (C=O) groups excluding carboxylic acids is 3. The average Bonchev–Trinajstić information content (AvgIpc) is 3.99. The number of amides is 3. The van der Waals surface area contributed by atoms with Crippen molar-refractivity contribution >= 4 is 80.8 Å². The summed E-state index contributed by atoms with van der Waals surface area (Å²) in [5.74, 6) is 1.53. The van der Waals surface area contributed by atoms with Crippen LogP contribution >= 0.6 is 46.5 Å². The minimum atomic E-state index is -0.493. The van der Waals surface area contributed by atoms with Crippen molar-refractivity contribution in [2.75, 3.05) is 25.5 Å². The van der Waals surface area contributed by atoms with Gasteiger partial charge in [-0.1, -0.05) is 69.0 Å². The monoisotopic (exact) mass is 896 g/mol. The standard InChI is InChI=1S/C17H18N2O2S.C15H25NOS.C13H15Cl2N3O2/c1-9(2)13-8-22-17(19-13)12-7-14(20)11-5-6-15(21-4)10(3)16(11)18-12;1-3-4-5-6-7-8-12-11-13(12)14(17)16-18-15(2)9-10-15;14-8-4-9(15)6-10(5-8)17-7-12(19)18-3-1-2-11(18)13(16)20/h5-9H,1-4H3,(H,18,20);7-8,12-13H,3-6,9-11H2,1-2H3,(H,16,17);4-6,11,17H,1-3,7H2,(H2,16,20)/b;8-7-;/t;12-,13+;11-/m.10/s1. The molecule has 15 heteroatoms. The van der Waals surface area contributed by atoms with E-state index < -0.39 is 11.9 Å². The molecule has 3 heterocycles. The summed E-state index contributed by atoms with van der Waals surface area (Å²) in [7, 11) is 1.63. The molecule has 3 atom stereocenters. The number of benzene rings is 2. The molecule has 1 saturated heterocycles. The fourth-order valence-electron chi connectivity index (χ4n) is 6.79. The quantitative estimate of drug-likeness (QED) is 0.0521. The highest BCUT2D eigenvalue weighted by molar-refractivity contribution is 7.99. The maximum absolute atomic E-state index is 12.4. The van der Waals surface area contributed by atoms with Gasteiger partial charge in [0, 0.05) is 55.3 Å². The van der Waals surface area contributed by atoms with E-state index in [9.17, 15) is 19.2 Å². The van der Waals surface area contributed by atoms with Crippen LogP contribution in [0.3, 0.4) is 0 Å². The number of primary amides is 1. The molecule has 0 unspecified atom stereocenters. The number of H-pyrrole nitrogens is 1. The van der Waals surface area contributed by atoms with Crippen molar-refractivity contribution in [3.8, 4) is 16.5 Å². The van der Waals surface area contributed by atoms with Gasteiger partial charge in [-0.15, -0.1) is 11.3 Å². The number of fused-ring (bicyclic) bond motifs is 1. The molecule has 2 aromatic heterocycles. The predicted molar refractivity (Wildman–Crippen MR) is 248 cm³/mol. The highest BCUT2D eigenvalue weighted by Gasteiger charge is 2.44. The van der Waals surface area contributed by atoms with Crippen LogP contribution in [0.1, 0.15) is 103 Å². The molecule has 3 fully saturated rings. The normalized spacial score (nSPS) is 18.7. The molecule has 324 valence electrons. The van der Waals surface area contributed by atoms with E-state index in [1.54, 1.807) is 60.7 Å². The largest absolute Gasteiger partial charge is 0.496 e. The number of nitrogens with zero attached hydrogens (tertiary/aromatic N) is 2. The molecule has 1 aliphatic heterocycles. The summed E-state index contributed by atoms with van der Waals surface area (Å²) in [5.41, 5.74) is 9.48. The number of nitrogens with two attached hydrogens (primary N) is 1. The van der Waals surface area contributed by atoms with Gasteiger partial charge in [-0.2, -0.15) is 0 Å². The van der Waals surface area contributed by atoms with Gasteiger partial charge in [-0.05, 0) is 113 Å². The van der Waals surface area contributed by atoms with E-state index in [-0.39, 0.29) is 29.7 Å². The summed E-state index contributed by atoms with van der Waals surface area (Å²) in [6.45, 7) is 11.2. The number of halogens is 2. The highest BCUT2D eigenvalue weighted by Crippen LogP contribution is 2.47. The molecule has 3 amide bonds. The zero-order valence-electron chi connectivity index (χ0n) is 35.4. The van der Waals surface area contributed by atoms with Crippen molar-refractivity contribution in [2.45, 2.75) is 109 Å². The van der Waals surface area contributed by atoms with Crippen molar-refractivity contribution in [2.24, 2.45) is 17.6 Å². The lowest BCUT2D eigenvalue weighted by Crippen LogP contribution is -2.45. The maximum Gasteiger partial charge on any atom is 0.242 e. The number of aromatic amines is 1. The zero-order chi connectivity index (χ0) is 43.6. The Labute approximate surface area is 371 Å². The minimum Gasteiger partial charge on any atom is -0.496 e. The number of ether oxygens (including phenoxy) is 1. The van der Waals surface area contributed by atoms with Gasteiger partial charge in [0.2, 0.25) is 17.7 Å². The highest BCUT2D eigenvalue weighted by atomic mass is 35.5. The Hall–Kier alpha value is -4.04. The Balaban J connectivity index is 0.000000172. The number of hydrogen-bond acceptors (Lipinski definition) is 9. The molecule has 0 spiro atoms. The number of pyridine rings is 1. The summed E-state index contributed by atoms with van der Waals surface area (Å²) >= 11 is 14.9. The fraction of sp³-hybridized carbons (Fsp3) is 0.489. The van der Waals surface area contributed by atoms with E-state index in [0.29, 0.717) is 50.7 Å². The number of aromatic nitrogens is 2. The van der Waals surface area contributed by atoms with Gasteiger partial charge in [0.1, 0.15) is 16.8 Å². The van der Waals surface area contributed by atoms with Gasteiger partial charge in [0.25, 0.3) is 0 Å². The average molecular weight is 898 g/mol. The molecule has 2 aromatic carbocycles. The van der Waals surface area contributed by atoms with Gasteiger partial charge < -0.3 is 25.7 Å². The Morgan fingerprint density at radius 2 is 1.88 bits per heavy atom. The Morgan fingerprint density at radius 1 is 1.15 bits per heavy atom. The van der Waals surface area contributed by atoms with Crippen molar-refractivity contribution in [3.63, 3.8) is 0 Å². The van der Waals surface area contributed by atoms with Crippen LogP contribution < -0.4 is 25.9 Å². The molecule has 0 bridgehead atoms. The third kappa shape index (κ3) is 13.2. The van der Waals surface area contributed by atoms with E-state index in [0.717, 1.165) is 46.1 Å². The molecule has 3 aliphatic rings. The molecule has 5 N–H and O–H groups in total. The number of hydrogen-bond donors (Lipinski definition) is 4. The molecular weight excluding hydrogens is 840 g/mol. The Morgan fingerprint density at radius 3 is 2.52 bits per heavy atom. The van der Waals surface area contributed by atoms with Crippen molar-refractivity contribution in [1.29, 1.82) is 0 Å². The molecule has 7 rings (SSSR count). The van der Waals surface area contributed by atoms with Gasteiger partial charge >= 0.3 is 0 Å². The van der Waals surface area contributed by atoms with Crippen molar-refractivity contribution < 1.29 is 19.1 Å². The lowest BCUT2D eigenvalue weighted by molar-refractivity contribution is -0.135. The van der Waals surface area contributed by atoms with Crippen LogP contribution in [0.4, 0.5) is 5.69 Å². The first-order valence-electron chi connectivity index (χ1n) is 20.7. The number of likely N-dealkylation sites (tertiary alicyclic amines) is 1. The van der Waals surface area contributed by atoms with Gasteiger partial charge in [-0.25, -0.2) is 4.98 Å². The van der Waals surface area contributed by atoms with Crippen LogP contribution in [0.25, 0.3) is 21.6 Å². The molecule has 4 aromatic rings. The number of anilines is 1. The van der Waals surface area contributed by atoms with E-state index in [1.165, 1.54) is 43.4 Å². The van der Waals surface area contributed by atoms with Crippen LogP contribution in [0.5, 0.6) is 5.75 Å². The van der Waals surface area contributed by atoms with Crippen molar-refractivity contribution in [1.82, 2.24) is 19.6 Å². The van der Waals surface area contributed by atoms with E-state index >= 15 is 0 Å². The second-order valence-corrected chi connectivity index (χ2v) is 19.3. The zero-order valence-corrected chi connectivity index (χ0v) is 38.5. The molecule has 2 saturated carbocycles. The topological polar surface area (TPSA) is 160 Å². The smallest absolute Gasteiger partial charge is 0.242 e.